The number of ether oxygens (including phenoxy) is 1. The molecule has 3 saturated heterocycles. The summed E-state index contributed by atoms with van der Waals surface area (Å²) in [5.41, 5.74) is 3.94. The number of fused-ring (bicyclic) bond motifs is 3. The zero-order valence-corrected chi connectivity index (χ0v) is 13.6. The van der Waals surface area contributed by atoms with Gasteiger partial charge in [0.2, 0.25) is 0 Å². The number of rotatable bonds is 4. The summed E-state index contributed by atoms with van der Waals surface area (Å²) in [4.78, 5) is 5.25. The van der Waals surface area contributed by atoms with Gasteiger partial charge in [-0.1, -0.05) is 6.07 Å². The van der Waals surface area contributed by atoms with Gasteiger partial charge in [-0.05, 0) is 43.7 Å². The molecule has 1 aromatic rings. The number of likely N-dealkylation sites (N-methyl/N-ethyl adjacent to an activating group) is 1. The Morgan fingerprint density at radius 2 is 1.86 bits per heavy atom. The predicted octanol–water partition coefficient (Wildman–Crippen LogP) is 1.57. The van der Waals surface area contributed by atoms with Crippen LogP contribution in [0.15, 0.2) is 12.1 Å². The second-order valence-electron chi connectivity index (χ2n) is 6.35. The Bertz CT molecular complexity index is 509. The third-order valence-corrected chi connectivity index (χ3v) is 5.14. The van der Waals surface area contributed by atoms with Crippen LogP contribution in [0.5, 0.6) is 5.75 Å². The topological polar surface area (TPSA) is 27.7 Å². The minimum Gasteiger partial charge on any atom is -0.496 e. The largest absolute Gasteiger partial charge is 0.496 e. The van der Waals surface area contributed by atoms with Crippen LogP contribution in [0.25, 0.3) is 0 Å². The van der Waals surface area contributed by atoms with Gasteiger partial charge < -0.3 is 10.1 Å². The highest BCUT2D eigenvalue weighted by atomic mass is 16.5. The first-order valence-corrected chi connectivity index (χ1v) is 7.93. The summed E-state index contributed by atoms with van der Waals surface area (Å²) in [5, 5.41) is 3.57. The predicted molar refractivity (Wildman–Crippen MR) is 86.1 cm³/mol. The van der Waals surface area contributed by atoms with Gasteiger partial charge in [0.05, 0.1) is 7.11 Å². The first-order valence-electron chi connectivity index (χ1n) is 7.93. The minimum absolute atomic E-state index is 0.387. The molecule has 1 N–H and O–H groups in total. The van der Waals surface area contributed by atoms with E-state index in [1.165, 1.54) is 49.4 Å². The number of nitrogens with one attached hydrogen (secondary N) is 1. The quantitative estimate of drug-likeness (QED) is 0.911. The average molecular weight is 289 g/mol. The van der Waals surface area contributed by atoms with Gasteiger partial charge >= 0.3 is 0 Å². The molecule has 0 radical (unpaired) electrons. The number of piperazine rings is 3. The molecule has 1 aromatic carbocycles. The van der Waals surface area contributed by atoms with Gasteiger partial charge in [0.25, 0.3) is 0 Å². The van der Waals surface area contributed by atoms with Gasteiger partial charge in [0.1, 0.15) is 5.75 Å². The fourth-order valence-electron chi connectivity index (χ4n) is 3.90. The molecule has 3 fully saturated rings. The van der Waals surface area contributed by atoms with Crippen LogP contribution in [0.4, 0.5) is 0 Å². The van der Waals surface area contributed by atoms with Crippen molar-refractivity contribution in [3.8, 4) is 5.75 Å². The monoisotopic (exact) mass is 289 g/mol. The second-order valence-corrected chi connectivity index (χ2v) is 6.35. The highest BCUT2D eigenvalue weighted by molar-refractivity contribution is 5.43. The van der Waals surface area contributed by atoms with Crippen LogP contribution in [0.1, 0.15) is 22.7 Å². The summed E-state index contributed by atoms with van der Waals surface area (Å²) in [7, 11) is 3.83. The zero-order valence-electron chi connectivity index (χ0n) is 13.6. The Morgan fingerprint density at radius 3 is 2.38 bits per heavy atom. The highest BCUT2D eigenvalue weighted by Gasteiger charge is 2.37. The Labute approximate surface area is 128 Å². The van der Waals surface area contributed by atoms with Crippen LogP contribution >= 0.6 is 0 Å². The Balaban J connectivity index is 1.91. The summed E-state index contributed by atoms with van der Waals surface area (Å²) in [6.07, 6.45) is 0. The maximum Gasteiger partial charge on any atom is 0.122 e. The maximum absolute atomic E-state index is 5.45. The molecule has 116 valence electrons. The third kappa shape index (κ3) is 2.68. The van der Waals surface area contributed by atoms with E-state index in [9.17, 15) is 0 Å². The van der Waals surface area contributed by atoms with Gasteiger partial charge in [0.15, 0.2) is 0 Å². The molecule has 4 nitrogen and oxygen atoms in total. The number of hydrogen-bond acceptors (Lipinski definition) is 4. The van der Waals surface area contributed by atoms with Crippen LogP contribution in [-0.2, 0) is 0 Å². The summed E-state index contributed by atoms with van der Waals surface area (Å²) >= 11 is 0. The van der Waals surface area contributed by atoms with Crippen molar-refractivity contribution >= 4 is 0 Å². The van der Waals surface area contributed by atoms with E-state index in [1.807, 2.05) is 0 Å². The van der Waals surface area contributed by atoms with E-state index in [0.29, 0.717) is 12.1 Å². The number of methoxy groups -OCH3 is 1. The Morgan fingerprint density at radius 1 is 1.14 bits per heavy atom. The molecule has 2 atom stereocenters. The van der Waals surface area contributed by atoms with E-state index in [4.69, 9.17) is 4.74 Å². The molecule has 3 aliphatic heterocycles. The maximum atomic E-state index is 5.45. The molecule has 2 bridgehead atoms. The number of nitrogens with zero attached hydrogens (tertiary/aromatic N) is 2. The van der Waals surface area contributed by atoms with Gasteiger partial charge in [-0.15, -0.1) is 0 Å². The summed E-state index contributed by atoms with van der Waals surface area (Å²) in [6, 6.07) is 5.43. The number of aryl methyl sites for hydroxylation is 2. The molecule has 4 heteroatoms. The van der Waals surface area contributed by atoms with Crippen LogP contribution in [-0.4, -0.2) is 62.7 Å². The van der Waals surface area contributed by atoms with Crippen molar-refractivity contribution in [1.29, 1.82) is 0 Å². The normalized spacial score (nSPS) is 29.4. The van der Waals surface area contributed by atoms with Crippen LogP contribution in [0.3, 0.4) is 0 Å². The van der Waals surface area contributed by atoms with Crippen molar-refractivity contribution in [3.05, 3.63) is 28.8 Å². The van der Waals surface area contributed by atoms with Gasteiger partial charge in [-0.3, -0.25) is 9.80 Å². The fraction of sp³-hybridized carbons (Fsp3) is 0.647. The first kappa shape index (κ1) is 14.8. The lowest BCUT2D eigenvalue weighted by atomic mass is 9.90. The van der Waals surface area contributed by atoms with Gasteiger partial charge in [-0.25, -0.2) is 0 Å². The first-order chi connectivity index (χ1) is 10.1. The van der Waals surface area contributed by atoms with Crippen molar-refractivity contribution in [2.75, 3.05) is 46.9 Å². The van der Waals surface area contributed by atoms with E-state index in [0.717, 1.165) is 5.75 Å². The van der Waals surface area contributed by atoms with Gasteiger partial charge in [-0.2, -0.15) is 0 Å². The van der Waals surface area contributed by atoms with Crippen molar-refractivity contribution < 1.29 is 4.74 Å². The number of hydrogen-bond donors (Lipinski definition) is 1. The van der Waals surface area contributed by atoms with E-state index >= 15 is 0 Å². The Hall–Kier alpha value is -1.10. The zero-order chi connectivity index (χ0) is 15.0. The third-order valence-electron chi connectivity index (χ3n) is 5.14. The van der Waals surface area contributed by atoms with Crippen LogP contribution in [0.2, 0.25) is 0 Å². The SMILES string of the molecule is CNC(c1cc(C)c(OC)cc1C)C1CN2CCN1CC2. The van der Waals surface area contributed by atoms with E-state index < -0.39 is 0 Å². The lowest BCUT2D eigenvalue weighted by Gasteiger charge is -2.50. The smallest absolute Gasteiger partial charge is 0.122 e. The Kier molecular flexibility index (Phi) is 4.20. The lowest BCUT2D eigenvalue weighted by Crippen LogP contribution is -2.63. The molecule has 21 heavy (non-hydrogen) atoms. The van der Waals surface area contributed by atoms with Crippen LogP contribution < -0.4 is 10.1 Å². The molecule has 2 unspecified atom stereocenters. The molecular formula is C17H27N3O. The second kappa shape index (κ2) is 5.95. The van der Waals surface area contributed by atoms with Crippen molar-refractivity contribution in [2.24, 2.45) is 0 Å². The highest BCUT2D eigenvalue weighted by Crippen LogP contribution is 2.32. The minimum atomic E-state index is 0.387. The summed E-state index contributed by atoms with van der Waals surface area (Å²) in [5.74, 6) is 0.986. The molecular weight excluding hydrogens is 262 g/mol. The van der Waals surface area contributed by atoms with Crippen molar-refractivity contribution in [1.82, 2.24) is 15.1 Å². The molecule has 0 saturated carbocycles. The fourth-order valence-corrected chi connectivity index (χ4v) is 3.90. The van der Waals surface area contributed by atoms with Crippen molar-refractivity contribution in [2.45, 2.75) is 25.9 Å². The molecule has 3 aliphatic rings. The van der Waals surface area contributed by atoms with E-state index in [2.05, 4.69) is 48.1 Å². The molecule has 3 heterocycles. The summed E-state index contributed by atoms with van der Waals surface area (Å²) in [6.45, 7) is 10.4. The summed E-state index contributed by atoms with van der Waals surface area (Å²) < 4.78 is 5.45. The lowest BCUT2D eigenvalue weighted by molar-refractivity contribution is -0.00264. The molecule has 0 amide bonds. The molecule has 4 rings (SSSR count). The average Bonchev–Trinajstić information content (AvgIpc) is 2.52. The van der Waals surface area contributed by atoms with Crippen LogP contribution in [0, 0.1) is 13.8 Å². The molecule has 0 spiro atoms. The number of benzene rings is 1. The molecule has 0 aliphatic carbocycles. The molecule has 0 aromatic heterocycles. The standard InChI is InChI=1S/C17H27N3O/c1-12-10-16(21-4)13(2)9-14(12)17(18-3)15-11-19-5-7-20(15)8-6-19/h9-10,15,17-18H,5-8,11H2,1-4H3. The van der Waals surface area contributed by atoms with Crippen molar-refractivity contribution in [3.63, 3.8) is 0 Å². The van der Waals surface area contributed by atoms with E-state index in [1.54, 1.807) is 7.11 Å². The van der Waals surface area contributed by atoms with Gasteiger partial charge in [0, 0.05) is 44.8 Å². The van der Waals surface area contributed by atoms with E-state index in [-0.39, 0.29) is 0 Å².